The van der Waals surface area contributed by atoms with Gasteiger partial charge in [-0.1, -0.05) is 88.3 Å². The van der Waals surface area contributed by atoms with E-state index in [0.717, 1.165) is 4.48 Å². The van der Waals surface area contributed by atoms with Gasteiger partial charge in [0.25, 0.3) is 0 Å². The molecule has 0 fully saturated rings. The van der Waals surface area contributed by atoms with E-state index in [4.69, 9.17) is 0 Å². The summed E-state index contributed by atoms with van der Waals surface area (Å²) in [7, 11) is 6.88. The smallest absolute Gasteiger partial charge is 0.0780 e. The lowest BCUT2D eigenvalue weighted by Crippen LogP contribution is -2.35. The van der Waals surface area contributed by atoms with Crippen molar-refractivity contribution >= 4 is 29.2 Å². The highest BCUT2D eigenvalue weighted by Gasteiger charge is 2.04. The highest BCUT2D eigenvalue weighted by Crippen LogP contribution is 2.13. The number of rotatable bonds is 15. The highest BCUT2D eigenvalue weighted by molar-refractivity contribution is 8.00. The maximum absolute atomic E-state index is 4.66. The summed E-state index contributed by atoms with van der Waals surface area (Å²) in [6, 6.07) is 0. The molecule has 0 rings (SSSR count). The molecule has 0 aliphatic rings. The molecule has 0 unspecified atom stereocenters. The van der Waals surface area contributed by atoms with Gasteiger partial charge in [-0.3, -0.25) is 0 Å². The monoisotopic (exact) mass is 376 g/mol. The van der Waals surface area contributed by atoms with E-state index >= 15 is 0 Å². The van der Waals surface area contributed by atoms with E-state index in [1.54, 1.807) is 0 Å². The molecule has 0 heterocycles. The van der Waals surface area contributed by atoms with Crippen molar-refractivity contribution in [1.82, 2.24) is 0 Å². The molecular weight excluding hydrogens is 332 g/mol. The number of nitrogens with two attached hydrogens (primary N) is 1. The summed E-state index contributed by atoms with van der Waals surface area (Å²) in [5, 5.41) is 0. The third kappa shape index (κ3) is 33.6. The molecule has 0 saturated carbocycles. The number of hydrogen-bond donors (Lipinski definition) is 1. The Morgan fingerprint density at radius 2 is 0.958 bits per heavy atom. The van der Waals surface area contributed by atoms with Crippen molar-refractivity contribution in [3.05, 3.63) is 0 Å². The summed E-state index contributed by atoms with van der Waals surface area (Å²) in [6.45, 7) is 3.63. The zero-order valence-electron chi connectivity index (χ0n) is 16.9. The Morgan fingerprint density at radius 1 is 0.708 bits per heavy atom. The van der Waals surface area contributed by atoms with E-state index in [-0.39, 0.29) is 4.32 Å². The number of unbranched alkanes of at least 4 members (excludes halogenated alkanes) is 13. The van der Waals surface area contributed by atoms with Gasteiger partial charge in [0, 0.05) is 0 Å². The van der Waals surface area contributed by atoms with Crippen molar-refractivity contribution in [1.29, 1.82) is 0 Å². The van der Waals surface area contributed by atoms with Crippen molar-refractivity contribution < 1.29 is 4.48 Å². The van der Waals surface area contributed by atoms with Crippen LogP contribution in [0.25, 0.3) is 0 Å². The molecule has 2 nitrogen and oxygen atoms in total. The third-order valence-corrected chi connectivity index (χ3v) is 4.18. The molecule has 0 radical (unpaired) electrons. The van der Waals surface area contributed by atoms with E-state index in [1.807, 2.05) is 0 Å². The van der Waals surface area contributed by atoms with Crippen LogP contribution in [0.15, 0.2) is 0 Å². The molecule has 146 valence electrons. The van der Waals surface area contributed by atoms with Gasteiger partial charge >= 0.3 is 0 Å². The van der Waals surface area contributed by atoms with Crippen molar-refractivity contribution in [2.75, 3.05) is 27.7 Å². The second-order valence-electron chi connectivity index (χ2n) is 7.93. The van der Waals surface area contributed by atoms with Gasteiger partial charge in [0.1, 0.15) is 0 Å². The molecule has 24 heavy (non-hydrogen) atoms. The van der Waals surface area contributed by atoms with Crippen LogP contribution in [-0.2, 0) is 12.6 Å². The maximum Gasteiger partial charge on any atom is 0.0780 e. The maximum atomic E-state index is 4.66. The fourth-order valence-electron chi connectivity index (χ4n) is 2.78. The van der Waals surface area contributed by atoms with Crippen LogP contribution in [-0.4, -0.2) is 36.5 Å². The fraction of sp³-hybridized carbons (Fsp3) is 0.950. The minimum absolute atomic E-state index is 0.0833. The first-order valence-electron chi connectivity index (χ1n) is 10.1. The SMILES string of the molecule is CCCCCCCCCCCCCCCC[N+](C)(C)C.NC(=S)[S-]. The lowest BCUT2D eigenvalue weighted by Gasteiger charge is -2.23. The molecule has 0 aromatic rings. The van der Waals surface area contributed by atoms with Crippen LogP contribution < -0.4 is 5.73 Å². The van der Waals surface area contributed by atoms with Gasteiger partial charge in [0.15, 0.2) is 0 Å². The van der Waals surface area contributed by atoms with Crippen LogP contribution in [0, 0.1) is 0 Å². The van der Waals surface area contributed by atoms with Crippen molar-refractivity contribution in [3.63, 3.8) is 0 Å². The molecule has 0 aromatic carbocycles. The number of hydrogen-bond acceptors (Lipinski definition) is 2. The van der Waals surface area contributed by atoms with Gasteiger partial charge in [0.05, 0.1) is 27.7 Å². The Kier molecular flexibility index (Phi) is 21.3. The molecule has 0 atom stereocenters. The van der Waals surface area contributed by atoms with Gasteiger partial charge in [-0.25, -0.2) is 0 Å². The Morgan fingerprint density at radius 3 is 1.21 bits per heavy atom. The topological polar surface area (TPSA) is 26.0 Å². The molecule has 0 amide bonds. The Hall–Kier alpha value is 0.0700. The largest absolute Gasteiger partial charge is 0.415 e. The molecule has 0 aliphatic heterocycles. The van der Waals surface area contributed by atoms with Crippen LogP contribution in [0.1, 0.15) is 96.8 Å². The van der Waals surface area contributed by atoms with Crippen molar-refractivity contribution in [2.24, 2.45) is 5.73 Å². The Bertz CT molecular complexity index is 259. The van der Waals surface area contributed by atoms with E-state index in [9.17, 15) is 0 Å². The Labute approximate surface area is 164 Å². The normalized spacial score (nSPS) is 11.0. The van der Waals surface area contributed by atoms with Gasteiger partial charge in [0.2, 0.25) is 0 Å². The van der Waals surface area contributed by atoms with Crippen LogP contribution in [0.4, 0.5) is 0 Å². The second kappa shape index (κ2) is 19.4. The third-order valence-electron chi connectivity index (χ3n) is 4.18. The van der Waals surface area contributed by atoms with Gasteiger partial charge in [-0.15, -0.1) is 0 Å². The van der Waals surface area contributed by atoms with Crippen LogP contribution in [0.2, 0.25) is 0 Å². The lowest BCUT2D eigenvalue weighted by molar-refractivity contribution is -0.870. The summed E-state index contributed by atoms with van der Waals surface area (Å²) in [5.74, 6) is 0. The van der Waals surface area contributed by atoms with Crippen molar-refractivity contribution in [3.8, 4) is 0 Å². The summed E-state index contributed by atoms with van der Waals surface area (Å²) >= 11 is 8.26. The average Bonchev–Trinajstić information content (AvgIpc) is 2.46. The van der Waals surface area contributed by atoms with Gasteiger partial charge in [-0.2, -0.15) is 0 Å². The predicted molar refractivity (Wildman–Crippen MR) is 117 cm³/mol. The quantitative estimate of drug-likeness (QED) is 0.165. The van der Waals surface area contributed by atoms with Crippen LogP contribution in [0.3, 0.4) is 0 Å². The fourth-order valence-corrected chi connectivity index (χ4v) is 2.78. The van der Waals surface area contributed by atoms with Crippen LogP contribution in [0.5, 0.6) is 0 Å². The standard InChI is InChI=1S/C19H42N.CH3NS2/c1-5-6-7-8-9-10-11-12-13-14-15-16-17-18-19-20(2,3)4;2-1(3)4/h5-19H2,1-4H3;(H3,2,3,4)/q+1;/p-1. The lowest BCUT2D eigenvalue weighted by atomic mass is 10.0. The van der Waals surface area contributed by atoms with Crippen LogP contribution >= 0.6 is 12.2 Å². The molecule has 0 bridgehead atoms. The van der Waals surface area contributed by atoms with E-state index in [0.29, 0.717) is 0 Å². The summed E-state index contributed by atoms with van der Waals surface area (Å²) in [5.41, 5.74) is 4.66. The van der Waals surface area contributed by atoms with Gasteiger partial charge in [-0.05, 0) is 12.8 Å². The average molecular weight is 377 g/mol. The summed E-state index contributed by atoms with van der Waals surface area (Å²) in [4.78, 5) is 0. The Balaban J connectivity index is 0. The van der Waals surface area contributed by atoms with Crippen molar-refractivity contribution in [2.45, 2.75) is 96.8 Å². The van der Waals surface area contributed by atoms with Gasteiger partial charge < -0.3 is 35.1 Å². The second-order valence-corrected chi connectivity index (χ2v) is 9.07. The molecule has 4 heteroatoms. The number of quaternary nitrogens is 1. The molecule has 2 N–H and O–H groups in total. The predicted octanol–water partition coefficient (Wildman–Crippen LogP) is 5.95. The molecular formula is C20H44N2S2. The summed E-state index contributed by atoms with van der Waals surface area (Å²) < 4.78 is 1.21. The minimum atomic E-state index is 0.0833. The first-order chi connectivity index (χ1) is 11.3. The molecule has 0 saturated heterocycles. The molecule has 0 aliphatic carbocycles. The number of nitrogens with zero attached hydrogens (tertiary/aromatic N) is 1. The minimum Gasteiger partial charge on any atom is -0.415 e. The zero-order valence-corrected chi connectivity index (χ0v) is 18.6. The number of thiocarbonyl (C=S) groups is 1. The first kappa shape index (κ1) is 26.3. The van der Waals surface area contributed by atoms with E-state index in [2.05, 4.69) is 58.6 Å². The zero-order chi connectivity index (χ0) is 18.7. The first-order valence-corrected chi connectivity index (χ1v) is 10.9. The molecule has 0 aromatic heterocycles. The van der Waals surface area contributed by atoms with E-state index in [1.165, 1.54) is 96.4 Å². The highest BCUT2D eigenvalue weighted by atomic mass is 32.1. The summed E-state index contributed by atoms with van der Waals surface area (Å²) in [6.07, 6.45) is 20.4. The molecule has 0 spiro atoms. The van der Waals surface area contributed by atoms with E-state index < -0.39 is 0 Å².